The minimum absolute atomic E-state index is 0.0377. The van der Waals surface area contributed by atoms with Gasteiger partial charge in [-0.25, -0.2) is 0 Å². The summed E-state index contributed by atoms with van der Waals surface area (Å²) in [5, 5.41) is 21.3. The Bertz CT molecular complexity index is 1440. The number of esters is 2. The molecule has 3 heterocycles. The van der Waals surface area contributed by atoms with Gasteiger partial charge in [0.2, 0.25) is 0 Å². The van der Waals surface area contributed by atoms with Crippen LogP contribution in [0.4, 0.5) is 0 Å². The van der Waals surface area contributed by atoms with E-state index < -0.39 is 90.1 Å². The van der Waals surface area contributed by atoms with Crippen molar-refractivity contribution in [2.45, 2.75) is 191 Å². The molecule has 0 radical (unpaired) electrons. The molecule has 2 spiro atoms. The number of carbonyl (C=O) groups excluding carboxylic acids is 3. The van der Waals surface area contributed by atoms with Crippen LogP contribution in [0.3, 0.4) is 0 Å². The maximum atomic E-state index is 13.2. The maximum absolute atomic E-state index is 13.2. The Balaban J connectivity index is 1.08. The molecule has 19 unspecified atom stereocenters. The van der Waals surface area contributed by atoms with Gasteiger partial charge in [0.1, 0.15) is 53.6 Å². The predicted molar refractivity (Wildman–Crippen MR) is 189 cm³/mol. The molecule has 0 amide bonds. The summed E-state index contributed by atoms with van der Waals surface area (Å²) in [7, 11) is 3.04. The predicted octanol–water partition coefficient (Wildman–Crippen LogP) is 3.38. The number of carbonyl (C=O) groups is 3. The Morgan fingerprint density at radius 1 is 0.815 bits per heavy atom. The van der Waals surface area contributed by atoms with E-state index in [1.54, 1.807) is 27.9 Å². The summed E-state index contributed by atoms with van der Waals surface area (Å²) < 4.78 is 56.1. The van der Waals surface area contributed by atoms with Gasteiger partial charge in [-0.1, -0.05) is 20.8 Å². The van der Waals surface area contributed by atoms with E-state index in [2.05, 4.69) is 6.92 Å². The highest BCUT2D eigenvalue weighted by Crippen LogP contribution is 2.81. The van der Waals surface area contributed by atoms with Crippen molar-refractivity contribution in [3.05, 3.63) is 0 Å². The minimum atomic E-state index is -1.21. The van der Waals surface area contributed by atoms with Crippen molar-refractivity contribution in [3.63, 3.8) is 0 Å². The number of ether oxygens (including phenoxy) is 9. The molecule has 14 heteroatoms. The number of epoxide rings is 1. The molecule has 7 rings (SSSR count). The van der Waals surface area contributed by atoms with Crippen LogP contribution in [-0.2, 0) is 57.0 Å². The van der Waals surface area contributed by atoms with Gasteiger partial charge < -0.3 is 52.8 Å². The third-order valence-electron chi connectivity index (χ3n) is 15.1. The SMILES string of the molecule is CCC(=O)OC1C2C3(C)CCC(OC4CC(OC)C(OC5OC(C)C(O)C(OC)C5O)C(C)O4)CC3CCC23OC32CCC(C(C)=O)C2(C)C1OC(C)=O. The van der Waals surface area contributed by atoms with Crippen LogP contribution >= 0.6 is 0 Å². The van der Waals surface area contributed by atoms with Crippen LogP contribution in [0.2, 0.25) is 0 Å². The van der Waals surface area contributed by atoms with Crippen molar-refractivity contribution in [1.82, 2.24) is 0 Å². The van der Waals surface area contributed by atoms with E-state index >= 15 is 0 Å². The highest BCUT2D eigenvalue weighted by Gasteiger charge is 2.91. The van der Waals surface area contributed by atoms with E-state index in [0.29, 0.717) is 19.3 Å². The molecule has 19 atom stereocenters. The monoisotopic (exact) mass is 766 g/mol. The molecule has 7 aliphatic rings. The van der Waals surface area contributed by atoms with Gasteiger partial charge in [-0.3, -0.25) is 14.4 Å². The quantitative estimate of drug-likeness (QED) is 0.188. The largest absolute Gasteiger partial charge is 0.458 e. The fraction of sp³-hybridized carbons (Fsp3) is 0.925. The zero-order chi connectivity index (χ0) is 39.1. The summed E-state index contributed by atoms with van der Waals surface area (Å²) in [6.07, 6.45) is -2.59. The summed E-state index contributed by atoms with van der Waals surface area (Å²) >= 11 is 0. The first-order valence-corrected chi connectivity index (χ1v) is 20.1. The Morgan fingerprint density at radius 2 is 1.56 bits per heavy atom. The number of hydrogen-bond donors (Lipinski definition) is 2. The molecule has 4 saturated carbocycles. The van der Waals surface area contributed by atoms with Gasteiger partial charge in [-0.05, 0) is 77.0 Å². The number of fused-ring (bicyclic) bond motifs is 2. The van der Waals surface area contributed by atoms with E-state index in [1.165, 1.54) is 14.0 Å². The van der Waals surface area contributed by atoms with Crippen LogP contribution in [0.15, 0.2) is 0 Å². The Hall–Kier alpha value is -1.75. The van der Waals surface area contributed by atoms with Crippen molar-refractivity contribution in [3.8, 4) is 0 Å². The zero-order valence-electron chi connectivity index (χ0n) is 33.3. The molecule has 2 N–H and O–H groups in total. The van der Waals surface area contributed by atoms with Gasteiger partial charge in [0.25, 0.3) is 0 Å². The van der Waals surface area contributed by atoms with E-state index in [1.807, 2.05) is 13.8 Å². The average Bonchev–Trinajstić information content (AvgIpc) is 3.67. The fourth-order valence-electron chi connectivity index (χ4n) is 12.5. The second kappa shape index (κ2) is 14.6. The van der Waals surface area contributed by atoms with Gasteiger partial charge in [0.05, 0.1) is 24.4 Å². The number of aliphatic hydroxyl groups is 2. The van der Waals surface area contributed by atoms with Crippen molar-refractivity contribution < 1.29 is 67.2 Å². The highest BCUT2D eigenvalue weighted by molar-refractivity contribution is 5.81. The lowest BCUT2D eigenvalue weighted by Crippen LogP contribution is -2.70. The van der Waals surface area contributed by atoms with Gasteiger partial charge in [0, 0.05) is 51.2 Å². The van der Waals surface area contributed by atoms with Crippen molar-refractivity contribution >= 4 is 17.7 Å². The maximum Gasteiger partial charge on any atom is 0.305 e. The normalized spacial score (nSPS) is 52.2. The Labute approximate surface area is 318 Å². The van der Waals surface area contributed by atoms with Crippen LogP contribution in [0.1, 0.15) is 106 Å². The molecular formula is C40H62O14. The van der Waals surface area contributed by atoms with E-state index in [-0.39, 0.29) is 47.4 Å². The van der Waals surface area contributed by atoms with Crippen LogP contribution in [0.25, 0.3) is 0 Å². The molecule has 306 valence electrons. The summed E-state index contributed by atoms with van der Waals surface area (Å²) in [4.78, 5) is 39.1. The van der Waals surface area contributed by atoms with Gasteiger partial charge in [-0.2, -0.15) is 0 Å². The van der Waals surface area contributed by atoms with Crippen LogP contribution in [0.5, 0.6) is 0 Å². The van der Waals surface area contributed by atoms with E-state index in [0.717, 1.165) is 32.1 Å². The van der Waals surface area contributed by atoms with E-state index in [4.69, 9.17) is 42.6 Å². The number of Topliss-reactive ketones (excluding diaryl/α,β-unsaturated/α-hetero) is 1. The highest BCUT2D eigenvalue weighted by atomic mass is 16.7. The lowest BCUT2D eigenvalue weighted by atomic mass is 9.43. The number of aliphatic hydroxyl groups excluding tert-OH is 2. The van der Waals surface area contributed by atoms with Crippen molar-refractivity contribution in [2.24, 2.45) is 28.6 Å². The van der Waals surface area contributed by atoms with Crippen molar-refractivity contribution in [1.29, 1.82) is 0 Å². The summed E-state index contributed by atoms with van der Waals surface area (Å²) in [5.41, 5.74) is -2.38. The van der Waals surface area contributed by atoms with E-state index in [9.17, 15) is 24.6 Å². The number of methoxy groups -OCH3 is 2. The molecule has 14 nitrogen and oxygen atoms in total. The van der Waals surface area contributed by atoms with Crippen LogP contribution < -0.4 is 0 Å². The summed E-state index contributed by atoms with van der Waals surface area (Å²) in [5.74, 6) is -1.20. The first kappa shape index (κ1) is 40.4. The number of ketones is 1. The zero-order valence-corrected chi connectivity index (χ0v) is 33.3. The van der Waals surface area contributed by atoms with Gasteiger partial charge in [-0.15, -0.1) is 0 Å². The lowest BCUT2D eigenvalue weighted by molar-refractivity contribution is -0.343. The Kier molecular flexibility index (Phi) is 10.9. The summed E-state index contributed by atoms with van der Waals surface area (Å²) in [6, 6.07) is 0. The number of hydrogen-bond acceptors (Lipinski definition) is 14. The van der Waals surface area contributed by atoms with Crippen LogP contribution in [-0.4, -0.2) is 127 Å². The number of rotatable bonds is 10. The first-order valence-electron chi connectivity index (χ1n) is 20.1. The smallest absolute Gasteiger partial charge is 0.305 e. The molecule has 7 fully saturated rings. The second-order valence-corrected chi connectivity index (χ2v) is 17.7. The summed E-state index contributed by atoms with van der Waals surface area (Å²) in [6.45, 7) is 12.6. The molecular weight excluding hydrogens is 704 g/mol. The topological polar surface area (TPSA) is 178 Å². The molecule has 0 aromatic rings. The fourth-order valence-corrected chi connectivity index (χ4v) is 12.5. The second-order valence-electron chi connectivity index (χ2n) is 17.7. The van der Waals surface area contributed by atoms with Gasteiger partial charge in [0.15, 0.2) is 12.6 Å². The average molecular weight is 767 g/mol. The van der Waals surface area contributed by atoms with Crippen LogP contribution in [0, 0.1) is 28.6 Å². The standard InChI is InChI=1S/C40H62O14/c1-10-27(43)52-33-34-37(6)14-12-24(51-28-18-26(46-8)31(21(4)48-28)53-36-30(45)32(47-9)29(44)20(3)49-36)17-23(37)11-15-39(34)40(54-39)16-13-25(19(2)41)38(40,7)35(33)50-22(5)42/h20-21,23-26,28-36,44-45H,10-18H2,1-9H3. The Morgan fingerprint density at radius 3 is 2.20 bits per heavy atom. The molecule has 0 aromatic carbocycles. The molecule has 4 aliphatic carbocycles. The minimum Gasteiger partial charge on any atom is -0.458 e. The molecule has 0 bridgehead atoms. The van der Waals surface area contributed by atoms with Gasteiger partial charge >= 0.3 is 11.9 Å². The first-order chi connectivity index (χ1) is 25.5. The van der Waals surface area contributed by atoms with Crippen molar-refractivity contribution in [2.75, 3.05) is 14.2 Å². The third kappa shape index (κ3) is 6.02. The lowest BCUT2D eigenvalue weighted by Gasteiger charge is -2.61. The molecule has 3 aliphatic heterocycles. The molecule has 0 aromatic heterocycles. The third-order valence-corrected chi connectivity index (χ3v) is 15.1. The molecule has 54 heavy (non-hydrogen) atoms. The molecule has 3 saturated heterocycles.